The zero-order chi connectivity index (χ0) is 18.9. The molecule has 136 valence electrons. The number of halogens is 3. The van der Waals surface area contributed by atoms with Gasteiger partial charge in [-0.05, 0) is 39.8 Å². The second-order valence-electron chi connectivity index (χ2n) is 5.98. The van der Waals surface area contributed by atoms with Crippen molar-refractivity contribution in [3.8, 4) is 5.75 Å². The number of hydrogen-bond acceptors (Lipinski definition) is 3. The number of aryl methyl sites for hydroxylation is 1. The maximum absolute atomic E-state index is 13.2. The number of nitrogens with one attached hydrogen (secondary N) is 1. The van der Waals surface area contributed by atoms with Gasteiger partial charge in [0.2, 0.25) is 0 Å². The molecule has 0 unspecified atom stereocenters. The fourth-order valence-corrected chi connectivity index (χ4v) is 2.39. The Hall–Kier alpha value is -2.51. The number of hydrogen-bond donors (Lipinski definition) is 1. The minimum Gasteiger partial charge on any atom is -0.491 e. The van der Waals surface area contributed by atoms with E-state index in [0.717, 1.165) is 4.68 Å². The number of benzene rings is 1. The van der Waals surface area contributed by atoms with Crippen LogP contribution in [0, 0.1) is 13.8 Å². The van der Waals surface area contributed by atoms with Gasteiger partial charge in [-0.3, -0.25) is 9.48 Å². The van der Waals surface area contributed by atoms with Crippen molar-refractivity contribution < 1.29 is 22.7 Å². The van der Waals surface area contributed by atoms with Gasteiger partial charge in [-0.1, -0.05) is 6.07 Å². The third-order valence-corrected chi connectivity index (χ3v) is 3.72. The number of amides is 1. The lowest BCUT2D eigenvalue weighted by molar-refractivity contribution is -0.141. The zero-order valence-corrected chi connectivity index (χ0v) is 14.7. The molecule has 0 aliphatic carbocycles. The summed E-state index contributed by atoms with van der Waals surface area (Å²) in [5.74, 6) is -0.297. The van der Waals surface area contributed by atoms with Crippen LogP contribution in [0.1, 0.15) is 41.2 Å². The summed E-state index contributed by atoms with van der Waals surface area (Å²) in [7, 11) is 1.36. The summed E-state index contributed by atoms with van der Waals surface area (Å²) in [6.45, 7) is 6.87. The van der Waals surface area contributed by atoms with Crippen molar-refractivity contribution >= 4 is 11.6 Å². The van der Waals surface area contributed by atoms with Gasteiger partial charge in [-0.15, -0.1) is 0 Å². The Morgan fingerprint density at radius 1 is 1.28 bits per heavy atom. The minimum atomic E-state index is -4.71. The Kier molecular flexibility index (Phi) is 5.10. The average Bonchev–Trinajstić information content (AvgIpc) is 2.79. The van der Waals surface area contributed by atoms with Crippen LogP contribution >= 0.6 is 0 Å². The molecule has 2 aromatic rings. The Balaban J connectivity index is 2.39. The molecule has 0 radical (unpaired) electrons. The molecule has 8 heteroatoms. The smallest absolute Gasteiger partial charge is 0.435 e. The summed E-state index contributed by atoms with van der Waals surface area (Å²) < 4.78 is 46.1. The zero-order valence-electron chi connectivity index (χ0n) is 14.7. The normalized spacial score (nSPS) is 11.7. The van der Waals surface area contributed by atoms with Gasteiger partial charge in [0, 0.05) is 24.0 Å². The first-order valence-electron chi connectivity index (χ1n) is 7.70. The van der Waals surface area contributed by atoms with Gasteiger partial charge < -0.3 is 10.1 Å². The number of carbonyl (C=O) groups excluding carboxylic acids is 1. The van der Waals surface area contributed by atoms with Crippen molar-refractivity contribution in [1.29, 1.82) is 0 Å². The van der Waals surface area contributed by atoms with Gasteiger partial charge >= 0.3 is 6.18 Å². The van der Waals surface area contributed by atoms with Crippen LogP contribution in [0.15, 0.2) is 18.2 Å². The molecule has 0 saturated heterocycles. The first kappa shape index (κ1) is 18.8. The summed E-state index contributed by atoms with van der Waals surface area (Å²) in [4.78, 5) is 12.5. The van der Waals surface area contributed by atoms with Crippen molar-refractivity contribution in [3.05, 3.63) is 40.7 Å². The van der Waals surface area contributed by atoms with Crippen LogP contribution in [0.5, 0.6) is 5.75 Å². The average molecular weight is 355 g/mol. The van der Waals surface area contributed by atoms with E-state index in [-0.39, 0.29) is 11.8 Å². The molecule has 0 aliphatic heterocycles. The summed E-state index contributed by atoms with van der Waals surface area (Å²) in [5, 5.41) is 5.96. The first-order valence-corrected chi connectivity index (χ1v) is 7.70. The van der Waals surface area contributed by atoms with Crippen molar-refractivity contribution in [1.82, 2.24) is 9.78 Å². The lowest BCUT2D eigenvalue weighted by Gasteiger charge is -2.16. The molecule has 25 heavy (non-hydrogen) atoms. The fraction of sp³-hybridized carbons (Fsp3) is 0.412. The minimum absolute atomic E-state index is 0.0675. The molecule has 1 aromatic carbocycles. The first-order chi connectivity index (χ1) is 11.5. The van der Waals surface area contributed by atoms with Crippen LogP contribution < -0.4 is 10.1 Å². The number of alkyl halides is 3. The van der Waals surface area contributed by atoms with E-state index in [4.69, 9.17) is 4.74 Å². The molecule has 1 N–H and O–H groups in total. The molecule has 1 aromatic heterocycles. The van der Waals surface area contributed by atoms with Crippen molar-refractivity contribution in [2.75, 3.05) is 5.32 Å². The molecule has 1 heterocycles. The van der Waals surface area contributed by atoms with Crippen LogP contribution in [0.25, 0.3) is 0 Å². The largest absolute Gasteiger partial charge is 0.491 e. The maximum Gasteiger partial charge on any atom is 0.435 e. The van der Waals surface area contributed by atoms with Gasteiger partial charge in [0.25, 0.3) is 5.91 Å². The van der Waals surface area contributed by atoms with Gasteiger partial charge in [-0.25, -0.2) is 0 Å². The lowest BCUT2D eigenvalue weighted by Crippen LogP contribution is -2.19. The van der Waals surface area contributed by atoms with Gasteiger partial charge in [0.1, 0.15) is 5.75 Å². The number of nitrogens with zero attached hydrogens (tertiary/aromatic N) is 2. The van der Waals surface area contributed by atoms with Gasteiger partial charge in [0.05, 0.1) is 11.7 Å². The van der Waals surface area contributed by atoms with Gasteiger partial charge in [-0.2, -0.15) is 18.3 Å². The monoisotopic (exact) mass is 355 g/mol. The number of anilines is 1. The topological polar surface area (TPSA) is 56.2 Å². The van der Waals surface area contributed by atoms with E-state index in [1.165, 1.54) is 14.0 Å². The SMILES string of the molecule is Cc1c(NC(=O)c2c(C(F)(F)F)nn(C)c2C)cccc1OC(C)C. The summed E-state index contributed by atoms with van der Waals surface area (Å²) in [5.41, 5.74) is -0.516. The highest BCUT2D eigenvalue weighted by Crippen LogP contribution is 2.33. The second-order valence-corrected chi connectivity index (χ2v) is 5.98. The van der Waals surface area contributed by atoms with E-state index in [0.29, 0.717) is 17.0 Å². The molecular formula is C17H20F3N3O2. The predicted molar refractivity (Wildman–Crippen MR) is 87.8 cm³/mol. The van der Waals surface area contributed by atoms with Crippen LogP contribution in [0.2, 0.25) is 0 Å². The van der Waals surface area contributed by atoms with E-state index in [2.05, 4.69) is 10.4 Å². The van der Waals surface area contributed by atoms with Crippen molar-refractivity contribution in [2.45, 2.75) is 40.0 Å². The summed E-state index contributed by atoms with van der Waals surface area (Å²) in [6.07, 6.45) is -4.78. The van der Waals surface area contributed by atoms with E-state index in [9.17, 15) is 18.0 Å². The molecule has 0 aliphatic rings. The standard InChI is InChI=1S/C17H20F3N3O2/c1-9(2)25-13-8-6-7-12(10(13)3)21-16(24)14-11(4)23(5)22-15(14)17(18,19)20/h6-9H,1-5H3,(H,21,24). The van der Waals surface area contributed by atoms with Gasteiger partial charge in [0.15, 0.2) is 5.69 Å². The molecule has 2 rings (SSSR count). The highest BCUT2D eigenvalue weighted by atomic mass is 19.4. The second kappa shape index (κ2) is 6.78. The Morgan fingerprint density at radius 2 is 1.92 bits per heavy atom. The summed E-state index contributed by atoms with van der Waals surface area (Å²) in [6, 6.07) is 5.02. The maximum atomic E-state index is 13.2. The quantitative estimate of drug-likeness (QED) is 0.898. The lowest BCUT2D eigenvalue weighted by atomic mass is 10.1. The highest BCUT2D eigenvalue weighted by Gasteiger charge is 2.40. The molecule has 1 amide bonds. The highest BCUT2D eigenvalue weighted by molar-refractivity contribution is 6.06. The van der Waals surface area contributed by atoms with Crippen LogP contribution in [-0.4, -0.2) is 21.8 Å². The van der Waals surface area contributed by atoms with Crippen LogP contribution in [-0.2, 0) is 13.2 Å². The number of ether oxygens (including phenoxy) is 1. The van der Waals surface area contributed by atoms with E-state index < -0.39 is 23.3 Å². The molecule has 0 fully saturated rings. The molecule has 0 bridgehead atoms. The molecule has 0 spiro atoms. The van der Waals surface area contributed by atoms with E-state index >= 15 is 0 Å². The number of aromatic nitrogens is 2. The number of carbonyl (C=O) groups is 1. The fourth-order valence-electron chi connectivity index (χ4n) is 2.39. The molecule has 0 atom stereocenters. The van der Waals surface area contributed by atoms with Crippen LogP contribution in [0.3, 0.4) is 0 Å². The van der Waals surface area contributed by atoms with E-state index in [1.807, 2.05) is 13.8 Å². The third-order valence-electron chi connectivity index (χ3n) is 3.72. The summed E-state index contributed by atoms with van der Waals surface area (Å²) >= 11 is 0. The van der Waals surface area contributed by atoms with E-state index in [1.54, 1.807) is 25.1 Å². The Bertz CT molecular complexity index is 795. The third kappa shape index (κ3) is 3.94. The molecular weight excluding hydrogens is 335 g/mol. The Labute approximate surface area is 143 Å². The molecule has 5 nitrogen and oxygen atoms in total. The van der Waals surface area contributed by atoms with Crippen molar-refractivity contribution in [2.24, 2.45) is 7.05 Å². The van der Waals surface area contributed by atoms with Crippen LogP contribution in [0.4, 0.5) is 18.9 Å². The number of rotatable bonds is 4. The predicted octanol–water partition coefficient (Wildman–Crippen LogP) is 4.10. The molecule has 0 saturated carbocycles. The van der Waals surface area contributed by atoms with Crippen molar-refractivity contribution in [3.63, 3.8) is 0 Å². The Morgan fingerprint density at radius 3 is 2.48 bits per heavy atom.